The lowest BCUT2D eigenvalue weighted by atomic mass is 10.1. The van der Waals surface area contributed by atoms with E-state index in [-0.39, 0.29) is 30.2 Å². The molecule has 30 heavy (non-hydrogen) atoms. The zero-order valence-electron chi connectivity index (χ0n) is 16.2. The number of anilines is 2. The first-order valence-corrected chi connectivity index (χ1v) is 9.52. The summed E-state index contributed by atoms with van der Waals surface area (Å²) in [6.45, 7) is 2.16. The second-order valence-corrected chi connectivity index (χ2v) is 7.16. The van der Waals surface area contributed by atoms with Crippen LogP contribution in [0, 0.1) is 5.82 Å². The lowest BCUT2D eigenvalue weighted by Gasteiger charge is -2.19. The quantitative estimate of drug-likeness (QED) is 0.635. The number of aromatic amines is 1. The molecule has 1 fully saturated rings. The summed E-state index contributed by atoms with van der Waals surface area (Å²) >= 11 is 6.18. The molecule has 1 atom stereocenters. The molecule has 4 rings (SSSR count). The first-order chi connectivity index (χ1) is 14.4. The zero-order chi connectivity index (χ0) is 21.4. The van der Waals surface area contributed by atoms with Crippen molar-refractivity contribution < 1.29 is 18.7 Å². The van der Waals surface area contributed by atoms with Crippen LogP contribution < -0.4 is 20.5 Å². The highest BCUT2D eigenvalue weighted by Gasteiger charge is 2.28. The number of cyclic esters (lactones) is 1. The predicted octanol–water partition coefficient (Wildman–Crippen LogP) is 3.85. The Hall–Kier alpha value is -3.33. The van der Waals surface area contributed by atoms with E-state index in [2.05, 4.69) is 15.3 Å². The van der Waals surface area contributed by atoms with Crippen LogP contribution in [-0.4, -0.2) is 36.3 Å². The smallest absolute Gasteiger partial charge is 0.414 e. The van der Waals surface area contributed by atoms with Crippen molar-refractivity contribution in [1.82, 2.24) is 9.97 Å². The van der Waals surface area contributed by atoms with Crippen molar-refractivity contribution in [3.05, 3.63) is 57.2 Å². The summed E-state index contributed by atoms with van der Waals surface area (Å²) in [6, 6.07) is 5.81. The molecule has 0 saturated carbocycles. The van der Waals surface area contributed by atoms with Crippen molar-refractivity contribution in [2.75, 3.05) is 30.5 Å². The number of nitrogens with zero attached hydrogens (tertiary/aromatic N) is 2. The number of benzene rings is 1. The molecule has 1 aromatic carbocycles. The Morgan fingerprint density at radius 2 is 2.17 bits per heavy atom. The first-order valence-electron chi connectivity index (χ1n) is 9.15. The molecule has 0 radical (unpaired) electrons. The van der Waals surface area contributed by atoms with E-state index in [4.69, 9.17) is 21.1 Å². The van der Waals surface area contributed by atoms with Gasteiger partial charge in [0.25, 0.3) is 5.56 Å². The molecule has 0 bridgehead atoms. The number of halogens is 2. The maximum atomic E-state index is 15.0. The van der Waals surface area contributed by atoms with Gasteiger partial charge in [-0.1, -0.05) is 11.6 Å². The number of rotatable bonds is 5. The monoisotopic (exact) mass is 432 g/mol. The molecule has 3 aromatic rings. The van der Waals surface area contributed by atoms with Gasteiger partial charge in [-0.05, 0) is 25.1 Å². The maximum Gasteiger partial charge on any atom is 0.414 e. The summed E-state index contributed by atoms with van der Waals surface area (Å²) in [7, 11) is 1.49. The number of pyridine rings is 2. The maximum absolute atomic E-state index is 15.0. The van der Waals surface area contributed by atoms with Crippen LogP contribution in [0.2, 0.25) is 5.02 Å². The van der Waals surface area contributed by atoms with Crippen molar-refractivity contribution in [2.45, 2.75) is 13.0 Å². The second-order valence-electron chi connectivity index (χ2n) is 6.75. The highest BCUT2D eigenvalue weighted by molar-refractivity contribution is 6.32. The molecule has 10 heteroatoms. The van der Waals surface area contributed by atoms with E-state index in [0.717, 1.165) is 0 Å². The van der Waals surface area contributed by atoms with Crippen LogP contribution in [0.15, 0.2) is 35.3 Å². The molecule has 0 aliphatic carbocycles. The first kappa shape index (κ1) is 20.0. The number of nitrogens with one attached hydrogen (secondary N) is 2. The minimum Gasteiger partial charge on any atom is -0.495 e. The van der Waals surface area contributed by atoms with E-state index in [0.29, 0.717) is 27.2 Å². The Morgan fingerprint density at radius 3 is 2.87 bits per heavy atom. The normalized spacial score (nSPS) is 14.7. The van der Waals surface area contributed by atoms with Crippen LogP contribution in [0.3, 0.4) is 0 Å². The van der Waals surface area contributed by atoms with E-state index in [9.17, 15) is 14.0 Å². The van der Waals surface area contributed by atoms with Crippen LogP contribution in [0.5, 0.6) is 5.75 Å². The number of H-pyrrole nitrogens is 1. The Balaban J connectivity index is 1.66. The summed E-state index contributed by atoms with van der Waals surface area (Å²) in [5.74, 6) is -0.331. The Labute approximate surface area is 175 Å². The number of hydrogen-bond donors (Lipinski definition) is 2. The van der Waals surface area contributed by atoms with Gasteiger partial charge in [-0.3, -0.25) is 9.69 Å². The number of amides is 1. The van der Waals surface area contributed by atoms with Crippen LogP contribution in [0.4, 0.5) is 20.7 Å². The number of hydrogen-bond acceptors (Lipinski definition) is 6. The predicted molar refractivity (Wildman–Crippen MR) is 111 cm³/mol. The van der Waals surface area contributed by atoms with Crippen LogP contribution in [-0.2, 0) is 4.74 Å². The van der Waals surface area contributed by atoms with E-state index >= 15 is 0 Å². The van der Waals surface area contributed by atoms with Gasteiger partial charge in [-0.15, -0.1) is 0 Å². The van der Waals surface area contributed by atoms with Gasteiger partial charge in [0.2, 0.25) is 0 Å². The van der Waals surface area contributed by atoms with Crippen molar-refractivity contribution >= 4 is 40.1 Å². The second kappa shape index (κ2) is 7.83. The third-order valence-corrected chi connectivity index (χ3v) is 5.18. The Bertz CT molecular complexity index is 1200. The third kappa shape index (κ3) is 3.52. The standard InChI is InChI=1S/C20H18ClFN4O4/c1-10(12-7-11-8-13(21)16(29-2)9-14(11)25-19(12)27)24-18-17(22)15(3-4-23-18)26-5-6-30-20(26)28/h3-4,7-10H,5-6H2,1-2H3,(H,23,24)(H,25,27). The number of methoxy groups -OCH3 is 1. The van der Waals surface area contributed by atoms with Crippen molar-refractivity contribution in [3.63, 3.8) is 0 Å². The van der Waals surface area contributed by atoms with Gasteiger partial charge in [0.1, 0.15) is 12.4 Å². The lowest BCUT2D eigenvalue weighted by molar-refractivity contribution is 0.181. The fourth-order valence-electron chi connectivity index (χ4n) is 3.34. The van der Waals surface area contributed by atoms with Gasteiger partial charge < -0.3 is 19.8 Å². The van der Waals surface area contributed by atoms with E-state index < -0.39 is 18.0 Å². The zero-order valence-corrected chi connectivity index (χ0v) is 16.9. The molecule has 3 heterocycles. The van der Waals surface area contributed by atoms with Gasteiger partial charge in [-0.25, -0.2) is 14.2 Å². The number of fused-ring (bicyclic) bond motifs is 1. The molecule has 1 aliphatic heterocycles. The molecular weight excluding hydrogens is 415 g/mol. The number of carbonyl (C=O) groups is 1. The molecular formula is C20H18ClFN4O4. The summed E-state index contributed by atoms with van der Waals surface area (Å²) in [4.78, 5) is 32.4. The van der Waals surface area contributed by atoms with Crippen LogP contribution in [0.25, 0.3) is 10.9 Å². The molecule has 2 N–H and O–H groups in total. The number of carbonyl (C=O) groups excluding carboxylic acids is 1. The largest absolute Gasteiger partial charge is 0.495 e. The molecule has 1 unspecified atom stereocenters. The van der Waals surface area contributed by atoms with Crippen LogP contribution >= 0.6 is 11.6 Å². The molecule has 8 nitrogen and oxygen atoms in total. The molecule has 1 aliphatic rings. The van der Waals surface area contributed by atoms with Crippen molar-refractivity contribution in [1.29, 1.82) is 0 Å². The fraction of sp³-hybridized carbons (Fsp3) is 0.250. The summed E-state index contributed by atoms with van der Waals surface area (Å²) in [6.07, 6.45) is 0.771. The average Bonchev–Trinajstić information content (AvgIpc) is 3.14. The van der Waals surface area contributed by atoms with Gasteiger partial charge in [0, 0.05) is 23.2 Å². The molecule has 2 aromatic heterocycles. The summed E-state index contributed by atoms with van der Waals surface area (Å²) in [5.41, 5.74) is 0.659. The van der Waals surface area contributed by atoms with E-state index in [1.807, 2.05) is 0 Å². The topological polar surface area (TPSA) is 96.6 Å². The summed E-state index contributed by atoms with van der Waals surface area (Å²) < 4.78 is 25.0. The lowest BCUT2D eigenvalue weighted by Crippen LogP contribution is -2.25. The van der Waals surface area contributed by atoms with E-state index in [1.165, 1.54) is 24.3 Å². The SMILES string of the molecule is COc1cc2[nH]c(=O)c(C(C)Nc3nccc(N4CCOC4=O)c3F)cc2cc1Cl. The Kier molecular flexibility index (Phi) is 5.21. The molecule has 1 saturated heterocycles. The van der Waals surface area contributed by atoms with Crippen molar-refractivity contribution in [2.24, 2.45) is 0 Å². The molecule has 1 amide bonds. The van der Waals surface area contributed by atoms with E-state index in [1.54, 1.807) is 25.1 Å². The minimum absolute atomic E-state index is 0.0634. The number of ether oxygens (including phenoxy) is 2. The van der Waals surface area contributed by atoms with Gasteiger partial charge >= 0.3 is 6.09 Å². The molecule has 156 valence electrons. The third-order valence-electron chi connectivity index (χ3n) is 4.89. The minimum atomic E-state index is -0.701. The highest BCUT2D eigenvalue weighted by Crippen LogP contribution is 2.31. The Morgan fingerprint density at radius 1 is 1.37 bits per heavy atom. The molecule has 0 spiro atoms. The average molecular weight is 433 g/mol. The van der Waals surface area contributed by atoms with Crippen LogP contribution in [0.1, 0.15) is 18.5 Å². The van der Waals surface area contributed by atoms with Crippen molar-refractivity contribution in [3.8, 4) is 5.75 Å². The van der Waals surface area contributed by atoms with Gasteiger partial charge in [0.05, 0.1) is 35.9 Å². The van der Waals surface area contributed by atoms with Gasteiger partial charge in [0.15, 0.2) is 11.6 Å². The number of aromatic nitrogens is 2. The highest BCUT2D eigenvalue weighted by atomic mass is 35.5. The fourth-order valence-corrected chi connectivity index (χ4v) is 3.59. The summed E-state index contributed by atoms with van der Waals surface area (Å²) in [5, 5.41) is 4.01. The van der Waals surface area contributed by atoms with Gasteiger partial charge in [-0.2, -0.15) is 0 Å².